The van der Waals surface area contributed by atoms with E-state index in [1.54, 1.807) is 12.1 Å². The molecule has 0 saturated carbocycles. The Morgan fingerprint density at radius 1 is 1.32 bits per heavy atom. The molecule has 25 heavy (non-hydrogen) atoms. The fourth-order valence-electron chi connectivity index (χ4n) is 2.80. The molecule has 0 bridgehead atoms. The Labute approximate surface area is 149 Å². The number of nitrogens with zero attached hydrogens (tertiary/aromatic N) is 1. The molecule has 0 aliphatic rings. The van der Waals surface area contributed by atoms with Crippen LogP contribution in [-0.2, 0) is 5.41 Å². The maximum absolute atomic E-state index is 13.6. The van der Waals surface area contributed by atoms with Crippen LogP contribution in [0, 0.1) is 12.7 Å². The van der Waals surface area contributed by atoms with Crippen molar-refractivity contribution in [2.75, 3.05) is 0 Å². The molecule has 2 heterocycles. The molecular formula is C19H19FN2O2S. The first kappa shape index (κ1) is 17.5. The molecule has 1 unspecified atom stereocenters. The van der Waals surface area contributed by atoms with Crippen molar-refractivity contribution in [1.29, 1.82) is 0 Å². The van der Waals surface area contributed by atoms with Gasteiger partial charge in [0, 0.05) is 16.5 Å². The molecule has 3 aromatic rings. The third-order valence-electron chi connectivity index (χ3n) is 4.51. The van der Waals surface area contributed by atoms with Gasteiger partial charge in [0.05, 0.1) is 21.9 Å². The van der Waals surface area contributed by atoms with Crippen LogP contribution in [0.4, 0.5) is 4.39 Å². The zero-order chi connectivity index (χ0) is 18.4. The highest BCUT2D eigenvalue weighted by Gasteiger charge is 2.34. The van der Waals surface area contributed by atoms with Crippen LogP contribution < -0.4 is 5.73 Å². The average molecular weight is 358 g/mol. The fourth-order valence-corrected chi connectivity index (χ4v) is 3.98. The molecule has 0 saturated heterocycles. The number of halogens is 1. The van der Waals surface area contributed by atoms with E-state index in [-0.39, 0.29) is 5.82 Å². The average Bonchev–Trinajstić information content (AvgIpc) is 3.00. The van der Waals surface area contributed by atoms with Crippen LogP contribution in [0.15, 0.2) is 36.5 Å². The van der Waals surface area contributed by atoms with E-state index in [2.05, 4.69) is 4.98 Å². The largest absolute Gasteiger partial charge is 0.387 e. The van der Waals surface area contributed by atoms with Crippen molar-refractivity contribution in [3.63, 3.8) is 0 Å². The quantitative estimate of drug-likeness (QED) is 0.744. The Morgan fingerprint density at radius 2 is 2.04 bits per heavy atom. The fraction of sp³-hybridized carbons (Fsp3) is 0.263. The molecule has 0 aliphatic carbocycles. The monoisotopic (exact) mass is 358 g/mol. The molecule has 0 aliphatic heterocycles. The van der Waals surface area contributed by atoms with E-state index in [9.17, 15) is 14.3 Å². The molecule has 3 rings (SSSR count). The number of hydrogen-bond donors (Lipinski definition) is 2. The smallest absolute Gasteiger partial charge is 0.250 e. The summed E-state index contributed by atoms with van der Waals surface area (Å²) in [7, 11) is 0. The van der Waals surface area contributed by atoms with Crippen molar-refractivity contribution >= 4 is 27.5 Å². The van der Waals surface area contributed by atoms with Gasteiger partial charge in [-0.3, -0.25) is 9.78 Å². The summed E-state index contributed by atoms with van der Waals surface area (Å²) in [6.07, 6.45) is 0.563. The number of aliphatic hydroxyl groups is 1. The summed E-state index contributed by atoms with van der Waals surface area (Å²) in [5, 5.41) is 10.9. The number of hydrogen-bond acceptors (Lipinski definition) is 4. The van der Waals surface area contributed by atoms with Crippen molar-refractivity contribution in [3.05, 3.63) is 63.9 Å². The molecule has 1 atom stereocenters. The van der Waals surface area contributed by atoms with Crippen molar-refractivity contribution in [2.24, 2.45) is 5.73 Å². The number of rotatable bonds is 4. The number of nitrogens with two attached hydrogens (primary N) is 1. The number of aryl methyl sites for hydroxylation is 1. The first-order valence-corrected chi connectivity index (χ1v) is 8.66. The molecule has 0 fully saturated rings. The van der Waals surface area contributed by atoms with E-state index < -0.39 is 17.4 Å². The highest BCUT2D eigenvalue weighted by atomic mass is 32.1. The number of primary amides is 1. The number of aromatic nitrogens is 1. The Morgan fingerprint density at radius 3 is 2.72 bits per heavy atom. The summed E-state index contributed by atoms with van der Waals surface area (Å²) in [6, 6.07) is 8.01. The molecule has 0 radical (unpaired) electrons. The van der Waals surface area contributed by atoms with E-state index in [4.69, 9.17) is 5.73 Å². The van der Waals surface area contributed by atoms with Crippen LogP contribution in [0.3, 0.4) is 0 Å². The zero-order valence-corrected chi connectivity index (χ0v) is 15.0. The van der Waals surface area contributed by atoms with E-state index in [0.717, 1.165) is 20.7 Å². The van der Waals surface area contributed by atoms with Gasteiger partial charge in [0.15, 0.2) is 0 Å². The minimum absolute atomic E-state index is 0.347. The summed E-state index contributed by atoms with van der Waals surface area (Å²) in [4.78, 5) is 16.5. The lowest BCUT2D eigenvalue weighted by Gasteiger charge is -2.30. The van der Waals surface area contributed by atoms with Crippen molar-refractivity contribution in [1.82, 2.24) is 4.98 Å². The number of benzene rings is 1. The van der Waals surface area contributed by atoms with Gasteiger partial charge in [0.2, 0.25) is 5.91 Å². The van der Waals surface area contributed by atoms with Crippen LogP contribution in [0.2, 0.25) is 0 Å². The zero-order valence-electron chi connectivity index (χ0n) is 14.2. The number of aliphatic hydroxyl groups excluding tert-OH is 1. The molecule has 1 aromatic carbocycles. The lowest BCUT2D eigenvalue weighted by atomic mass is 9.80. The van der Waals surface area contributed by atoms with Gasteiger partial charge in [-0.05, 0) is 42.3 Å². The van der Waals surface area contributed by atoms with Gasteiger partial charge in [-0.2, -0.15) is 0 Å². The van der Waals surface area contributed by atoms with Crippen molar-refractivity contribution in [2.45, 2.75) is 32.3 Å². The van der Waals surface area contributed by atoms with E-state index in [1.807, 2.05) is 26.8 Å². The van der Waals surface area contributed by atoms with Gasteiger partial charge in [-0.25, -0.2) is 4.39 Å². The number of carbonyl (C=O) groups is 1. The summed E-state index contributed by atoms with van der Waals surface area (Å²) in [6.45, 7) is 5.66. The summed E-state index contributed by atoms with van der Waals surface area (Å²) in [5.41, 5.74) is 7.13. The Bertz CT molecular complexity index is 965. The lowest BCUT2D eigenvalue weighted by Crippen LogP contribution is -2.26. The van der Waals surface area contributed by atoms with Gasteiger partial charge < -0.3 is 10.8 Å². The molecule has 3 N–H and O–H groups in total. The molecule has 130 valence electrons. The lowest BCUT2D eigenvalue weighted by molar-refractivity contribution is 0.0999. The van der Waals surface area contributed by atoms with Gasteiger partial charge >= 0.3 is 0 Å². The topological polar surface area (TPSA) is 76.2 Å². The minimum atomic E-state index is -0.883. The van der Waals surface area contributed by atoms with E-state index in [1.165, 1.54) is 29.7 Å². The van der Waals surface area contributed by atoms with Gasteiger partial charge in [-0.1, -0.05) is 19.9 Å². The molecule has 6 heteroatoms. The SMILES string of the molecule is Cc1ccc(F)cc1C(O)C(C)(C)c1cc2ncc(C(N)=O)cc2s1. The van der Waals surface area contributed by atoms with Crippen LogP contribution in [0.5, 0.6) is 0 Å². The van der Waals surface area contributed by atoms with Crippen LogP contribution in [-0.4, -0.2) is 16.0 Å². The molecule has 0 spiro atoms. The molecule has 4 nitrogen and oxygen atoms in total. The van der Waals surface area contributed by atoms with Crippen molar-refractivity contribution in [3.8, 4) is 0 Å². The Balaban J connectivity index is 2.05. The second-order valence-corrected chi connectivity index (χ2v) is 7.79. The van der Waals surface area contributed by atoms with E-state index in [0.29, 0.717) is 11.1 Å². The van der Waals surface area contributed by atoms with Gasteiger partial charge in [0.1, 0.15) is 5.82 Å². The molecular weight excluding hydrogens is 339 g/mol. The highest BCUT2D eigenvalue weighted by molar-refractivity contribution is 7.19. The number of thiophene rings is 1. The Hall–Kier alpha value is -2.31. The van der Waals surface area contributed by atoms with E-state index >= 15 is 0 Å². The number of carbonyl (C=O) groups excluding carboxylic acids is 1. The third kappa shape index (κ3) is 3.15. The van der Waals surface area contributed by atoms with Gasteiger partial charge in [-0.15, -0.1) is 11.3 Å². The standard InChI is InChI=1S/C19H19FN2O2S/c1-10-4-5-12(20)7-13(10)17(23)19(2,3)16-8-14-15(25-16)6-11(9-22-14)18(21)24/h4-9,17,23H,1-3H3,(H2,21,24). The van der Waals surface area contributed by atoms with Crippen LogP contribution in [0.25, 0.3) is 10.2 Å². The number of fused-ring (bicyclic) bond motifs is 1. The first-order valence-electron chi connectivity index (χ1n) is 7.84. The minimum Gasteiger partial charge on any atom is -0.387 e. The predicted molar refractivity (Wildman–Crippen MR) is 97.3 cm³/mol. The van der Waals surface area contributed by atoms with Crippen molar-refractivity contribution < 1.29 is 14.3 Å². The second-order valence-electron chi connectivity index (χ2n) is 6.71. The third-order valence-corrected chi connectivity index (χ3v) is 5.92. The molecule has 2 aromatic heterocycles. The highest BCUT2D eigenvalue weighted by Crippen LogP contribution is 2.42. The molecule has 1 amide bonds. The first-order chi connectivity index (χ1) is 11.7. The maximum Gasteiger partial charge on any atom is 0.250 e. The summed E-state index contributed by atoms with van der Waals surface area (Å²) < 4.78 is 14.4. The Kier molecular flexibility index (Phi) is 4.34. The number of pyridine rings is 1. The normalized spacial score (nSPS) is 13.2. The van der Waals surface area contributed by atoms with Crippen LogP contribution in [0.1, 0.15) is 46.3 Å². The van der Waals surface area contributed by atoms with Gasteiger partial charge in [0.25, 0.3) is 0 Å². The second kappa shape index (κ2) is 6.20. The summed E-state index contributed by atoms with van der Waals surface area (Å²) >= 11 is 1.44. The maximum atomic E-state index is 13.6. The van der Waals surface area contributed by atoms with Crippen LogP contribution >= 0.6 is 11.3 Å². The number of amides is 1. The predicted octanol–water partition coefficient (Wildman–Crippen LogP) is 3.85. The summed E-state index contributed by atoms with van der Waals surface area (Å²) in [5.74, 6) is -0.904.